The van der Waals surface area contributed by atoms with E-state index in [-0.39, 0.29) is 30.8 Å². The minimum atomic E-state index is -0.490. The van der Waals surface area contributed by atoms with Gasteiger partial charge in [-0.05, 0) is 50.2 Å². The Labute approximate surface area is 175 Å². The Morgan fingerprint density at radius 3 is 2.57 bits per heavy atom. The van der Waals surface area contributed by atoms with E-state index in [9.17, 15) is 14.4 Å². The summed E-state index contributed by atoms with van der Waals surface area (Å²) in [6.07, 6.45) is 0. The number of benzene rings is 2. The quantitative estimate of drug-likeness (QED) is 0.632. The first-order valence-electron chi connectivity index (χ1n) is 9.91. The third kappa shape index (κ3) is 4.77. The number of ether oxygens (including phenoxy) is 1. The summed E-state index contributed by atoms with van der Waals surface area (Å²) in [4.78, 5) is 40.1. The summed E-state index contributed by atoms with van der Waals surface area (Å²) in [5.74, 6) is 0.100. The van der Waals surface area contributed by atoms with Gasteiger partial charge in [0, 0.05) is 5.69 Å². The molecule has 2 atom stereocenters. The predicted molar refractivity (Wildman–Crippen MR) is 115 cm³/mol. The topological polar surface area (TPSA) is 92.2 Å². The maximum Gasteiger partial charge on any atom is 0.285 e. The molecule has 0 radical (unpaired) electrons. The molecule has 2 aromatic rings. The number of carbonyl (C=O) groups excluding carboxylic acids is 3. The largest absolute Gasteiger partial charge is 0.497 e. The van der Waals surface area contributed by atoms with Gasteiger partial charge in [0.2, 0.25) is 5.91 Å². The van der Waals surface area contributed by atoms with Gasteiger partial charge in [0.1, 0.15) is 12.3 Å². The molecule has 0 saturated carbocycles. The number of carbonyl (C=O) groups is 3. The highest BCUT2D eigenvalue weighted by molar-refractivity contribution is 6.10. The van der Waals surface area contributed by atoms with Crippen LogP contribution in [0.5, 0.6) is 5.75 Å². The van der Waals surface area contributed by atoms with E-state index in [4.69, 9.17) is 4.74 Å². The van der Waals surface area contributed by atoms with Crippen LogP contribution < -0.4 is 25.2 Å². The molecule has 3 rings (SSSR count). The molecule has 3 amide bonds. The van der Waals surface area contributed by atoms with Gasteiger partial charge < -0.3 is 20.3 Å². The molecule has 0 spiro atoms. The third-order valence-electron chi connectivity index (χ3n) is 5.24. The molecule has 2 aromatic carbocycles. The standard InChI is InChI=1S/C22H26N4O4/c1-4-25(13-20(27)23-16-9-11-17(30-3)12-10-16)15(2)22(29)26-14-21(28)24-18-7-5-6-8-19(18)26/h5-12,15H,4,13-14H2,1-3H3,(H,23,27)(H,24,28)/p+1/t15-/m1/s1. The van der Waals surface area contributed by atoms with Crippen molar-refractivity contribution < 1.29 is 24.0 Å². The highest BCUT2D eigenvalue weighted by Gasteiger charge is 2.34. The summed E-state index contributed by atoms with van der Waals surface area (Å²) in [7, 11) is 1.58. The molecule has 1 aliphatic rings. The van der Waals surface area contributed by atoms with Crippen LogP contribution >= 0.6 is 0 Å². The van der Waals surface area contributed by atoms with Crippen molar-refractivity contribution >= 4 is 34.8 Å². The van der Waals surface area contributed by atoms with Crippen LogP contribution in [-0.4, -0.2) is 50.5 Å². The lowest BCUT2D eigenvalue weighted by Crippen LogP contribution is -3.17. The molecule has 1 unspecified atom stereocenters. The minimum absolute atomic E-state index is 0.0325. The van der Waals surface area contributed by atoms with Crippen molar-refractivity contribution in [3.63, 3.8) is 0 Å². The number of anilines is 3. The summed E-state index contributed by atoms with van der Waals surface area (Å²) in [6, 6.07) is 13.8. The van der Waals surface area contributed by atoms with E-state index >= 15 is 0 Å². The lowest BCUT2D eigenvalue weighted by molar-refractivity contribution is -0.904. The van der Waals surface area contributed by atoms with Gasteiger partial charge in [-0.15, -0.1) is 0 Å². The summed E-state index contributed by atoms with van der Waals surface area (Å²) in [6.45, 7) is 4.41. The summed E-state index contributed by atoms with van der Waals surface area (Å²) < 4.78 is 5.12. The normalized spacial score (nSPS) is 14.9. The van der Waals surface area contributed by atoms with E-state index in [1.807, 2.05) is 19.1 Å². The lowest BCUT2D eigenvalue weighted by atomic mass is 10.1. The van der Waals surface area contributed by atoms with E-state index in [1.54, 1.807) is 50.4 Å². The number of para-hydroxylation sites is 2. The molecule has 0 aromatic heterocycles. The van der Waals surface area contributed by atoms with Gasteiger partial charge in [-0.25, -0.2) is 0 Å². The second-order valence-electron chi connectivity index (χ2n) is 7.18. The fraction of sp³-hybridized carbons (Fsp3) is 0.318. The van der Waals surface area contributed by atoms with E-state index in [0.29, 0.717) is 29.4 Å². The molecule has 3 N–H and O–H groups in total. The van der Waals surface area contributed by atoms with E-state index in [0.717, 1.165) is 4.90 Å². The van der Waals surface area contributed by atoms with Gasteiger partial charge in [-0.3, -0.25) is 19.3 Å². The van der Waals surface area contributed by atoms with E-state index in [1.165, 1.54) is 4.90 Å². The third-order valence-corrected chi connectivity index (χ3v) is 5.24. The van der Waals surface area contributed by atoms with Gasteiger partial charge in [-0.1, -0.05) is 12.1 Å². The highest BCUT2D eigenvalue weighted by atomic mass is 16.5. The molecule has 0 saturated heterocycles. The van der Waals surface area contributed by atoms with Crippen LogP contribution in [0.4, 0.5) is 17.1 Å². The van der Waals surface area contributed by atoms with Gasteiger partial charge >= 0.3 is 0 Å². The zero-order chi connectivity index (χ0) is 21.7. The van der Waals surface area contributed by atoms with Crippen molar-refractivity contribution in [2.75, 3.05) is 42.3 Å². The van der Waals surface area contributed by atoms with Crippen molar-refractivity contribution in [2.45, 2.75) is 19.9 Å². The second kappa shape index (κ2) is 9.41. The van der Waals surface area contributed by atoms with Crippen LogP contribution in [0.25, 0.3) is 0 Å². The molecule has 30 heavy (non-hydrogen) atoms. The van der Waals surface area contributed by atoms with Gasteiger partial charge in [0.05, 0.1) is 25.0 Å². The van der Waals surface area contributed by atoms with Crippen molar-refractivity contribution in [3.05, 3.63) is 48.5 Å². The first kappa shape index (κ1) is 21.3. The van der Waals surface area contributed by atoms with Gasteiger partial charge in [0.15, 0.2) is 12.6 Å². The summed E-state index contributed by atoms with van der Waals surface area (Å²) in [5, 5.41) is 5.63. The lowest BCUT2D eigenvalue weighted by Gasteiger charge is -2.33. The molecule has 0 fully saturated rings. The number of nitrogens with one attached hydrogen (secondary N) is 3. The first-order valence-corrected chi connectivity index (χ1v) is 9.91. The predicted octanol–water partition coefficient (Wildman–Crippen LogP) is 0.912. The Hall–Kier alpha value is -3.39. The maximum atomic E-state index is 13.2. The zero-order valence-corrected chi connectivity index (χ0v) is 17.4. The van der Waals surface area contributed by atoms with Crippen LogP contribution in [0.15, 0.2) is 48.5 Å². The fourth-order valence-corrected chi connectivity index (χ4v) is 3.51. The van der Waals surface area contributed by atoms with Gasteiger partial charge in [0.25, 0.3) is 11.8 Å². The van der Waals surface area contributed by atoms with Crippen molar-refractivity contribution in [2.24, 2.45) is 0 Å². The number of methoxy groups -OCH3 is 1. The molecular formula is C22H27N4O4+. The average molecular weight is 411 g/mol. The minimum Gasteiger partial charge on any atom is -0.497 e. The number of likely N-dealkylation sites (N-methyl/N-ethyl adjacent to an activating group) is 1. The maximum absolute atomic E-state index is 13.2. The average Bonchev–Trinajstić information content (AvgIpc) is 2.76. The Kier molecular flexibility index (Phi) is 6.68. The molecule has 1 heterocycles. The monoisotopic (exact) mass is 411 g/mol. The first-order chi connectivity index (χ1) is 14.4. The summed E-state index contributed by atoms with van der Waals surface area (Å²) in [5.41, 5.74) is 1.95. The highest BCUT2D eigenvalue weighted by Crippen LogP contribution is 2.29. The number of quaternary nitrogens is 1. The van der Waals surface area contributed by atoms with Crippen molar-refractivity contribution in [3.8, 4) is 5.75 Å². The number of nitrogens with zero attached hydrogens (tertiary/aromatic N) is 1. The van der Waals surface area contributed by atoms with Crippen LogP contribution in [0.3, 0.4) is 0 Å². The fourth-order valence-electron chi connectivity index (χ4n) is 3.51. The molecule has 1 aliphatic heterocycles. The molecule has 8 nitrogen and oxygen atoms in total. The number of rotatable bonds is 7. The number of fused-ring (bicyclic) bond motifs is 1. The zero-order valence-electron chi connectivity index (χ0n) is 17.4. The summed E-state index contributed by atoms with van der Waals surface area (Å²) >= 11 is 0. The Bertz CT molecular complexity index is 929. The number of hydrogen-bond acceptors (Lipinski definition) is 4. The van der Waals surface area contributed by atoms with Gasteiger partial charge in [-0.2, -0.15) is 0 Å². The van der Waals surface area contributed by atoms with Crippen molar-refractivity contribution in [1.82, 2.24) is 0 Å². The number of hydrogen-bond donors (Lipinski definition) is 3. The van der Waals surface area contributed by atoms with E-state index in [2.05, 4.69) is 10.6 Å². The Balaban J connectivity index is 1.67. The van der Waals surface area contributed by atoms with Crippen LogP contribution in [0.2, 0.25) is 0 Å². The van der Waals surface area contributed by atoms with Crippen LogP contribution in [0.1, 0.15) is 13.8 Å². The molecular weight excluding hydrogens is 384 g/mol. The smallest absolute Gasteiger partial charge is 0.285 e. The number of amides is 3. The van der Waals surface area contributed by atoms with E-state index < -0.39 is 6.04 Å². The molecule has 8 heteroatoms. The van der Waals surface area contributed by atoms with Crippen molar-refractivity contribution in [1.29, 1.82) is 0 Å². The van der Waals surface area contributed by atoms with Crippen LogP contribution in [-0.2, 0) is 14.4 Å². The Morgan fingerprint density at radius 1 is 1.20 bits per heavy atom. The van der Waals surface area contributed by atoms with Crippen LogP contribution in [0, 0.1) is 0 Å². The SMILES string of the molecule is CC[NH+](CC(=O)Nc1ccc(OC)cc1)[C@H](C)C(=O)N1CC(=O)Nc2ccccc21. The molecule has 158 valence electrons. The molecule has 0 bridgehead atoms. The second-order valence-corrected chi connectivity index (χ2v) is 7.18. The molecule has 0 aliphatic carbocycles. The Morgan fingerprint density at radius 2 is 1.90 bits per heavy atom.